The van der Waals surface area contributed by atoms with Crippen LogP contribution in [-0.4, -0.2) is 147 Å². The van der Waals surface area contributed by atoms with Gasteiger partial charge in [0.1, 0.15) is 12.6 Å². The Morgan fingerprint density at radius 2 is 1.45 bits per heavy atom. The van der Waals surface area contributed by atoms with E-state index in [2.05, 4.69) is 37.1 Å². The number of carbonyl (C=O) groups is 4. The monoisotopic (exact) mass is 784 g/mol. The summed E-state index contributed by atoms with van der Waals surface area (Å²) in [4.78, 5) is 48.9. The van der Waals surface area contributed by atoms with E-state index in [0.717, 1.165) is 74.5 Å². The molecule has 318 valence electrons. The first-order valence-electron chi connectivity index (χ1n) is 20.3. The van der Waals surface area contributed by atoms with E-state index in [1.54, 1.807) is 0 Å². The van der Waals surface area contributed by atoms with Gasteiger partial charge < -0.3 is 60.9 Å². The van der Waals surface area contributed by atoms with Crippen LogP contribution in [0.4, 0.5) is 0 Å². The molecular weight excluding hydrogens is 710 g/mol. The summed E-state index contributed by atoms with van der Waals surface area (Å²) in [6, 6.07) is -0.667. The molecule has 0 bridgehead atoms. The van der Waals surface area contributed by atoms with Gasteiger partial charge in [0.05, 0.1) is 86.6 Å². The van der Waals surface area contributed by atoms with E-state index >= 15 is 0 Å². The number of likely N-dealkylation sites (N-methyl/N-ethyl adjacent to an activating group) is 1. The predicted octanol–water partition coefficient (Wildman–Crippen LogP) is 1.85. The number of allylic oxidation sites excluding steroid dienone is 1. The topological polar surface area (TPSA) is 217 Å². The van der Waals surface area contributed by atoms with Gasteiger partial charge in [0, 0.05) is 30.7 Å². The molecule has 16 heteroatoms. The highest BCUT2D eigenvalue weighted by atomic mass is 16.6. The van der Waals surface area contributed by atoms with Crippen LogP contribution >= 0.6 is 0 Å². The molecule has 0 saturated heterocycles. The maximum absolute atomic E-state index is 12.8. The lowest BCUT2D eigenvalue weighted by Gasteiger charge is -2.32. The van der Waals surface area contributed by atoms with Crippen LogP contribution < -0.4 is 27.4 Å². The number of primary amides is 1. The Bertz CT molecular complexity index is 1170. The Morgan fingerprint density at radius 1 is 0.836 bits per heavy atom. The average molecular weight is 784 g/mol. The summed E-state index contributed by atoms with van der Waals surface area (Å²) in [7, 11) is 6.26. The van der Waals surface area contributed by atoms with Gasteiger partial charge in [-0.1, -0.05) is 39.5 Å². The second-order valence-electron chi connectivity index (χ2n) is 15.9. The zero-order valence-corrected chi connectivity index (χ0v) is 34.4. The minimum absolute atomic E-state index is 0.00438. The molecule has 16 nitrogen and oxygen atoms in total. The van der Waals surface area contributed by atoms with Crippen molar-refractivity contribution in [3.05, 3.63) is 16.7 Å². The van der Waals surface area contributed by atoms with Crippen molar-refractivity contribution < 1.29 is 47.3 Å². The normalized spacial score (nSPS) is 17.6. The van der Waals surface area contributed by atoms with Gasteiger partial charge in [-0.25, -0.2) is 0 Å². The third-order valence-electron chi connectivity index (χ3n) is 9.71. The number of nitrogens with two attached hydrogens (primary N) is 2. The van der Waals surface area contributed by atoms with Gasteiger partial charge >= 0.3 is 0 Å². The number of nitrogens with one attached hydrogen (secondary N) is 3. The Balaban J connectivity index is 1.51. The minimum atomic E-state index is -0.667. The summed E-state index contributed by atoms with van der Waals surface area (Å²) in [5.74, 6) is -0.899. The summed E-state index contributed by atoms with van der Waals surface area (Å²) in [6.07, 6.45) is 8.29. The Morgan fingerprint density at radius 3 is 2.05 bits per heavy atom. The summed E-state index contributed by atoms with van der Waals surface area (Å²) < 4.78 is 29.0. The third kappa shape index (κ3) is 21.8. The fourth-order valence-corrected chi connectivity index (χ4v) is 6.06. The number of nitrogens with zero attached hydrogens (tertiary/aromatic N) is 2. The van der Waals surface area contributed by atoms with Gasteiger partial charge in [-0.15, -0.1) is 12.2 Å². The number of rotatable bonds is 31. The van der Waals surface area contributed by atoms with E-state index in [0.29, 0.717) is 91.0 Å². The van der Waals surface area contributed by atoms with Crippen LogP contribution in [0.2, 0.25) is 0 Å². The zero-order chi connectivity index (χ0) is 40.5. The Hall–Kier alpha value is -3.02. The molecule has 2 rings (SSSR count). The lowest BCUT2D eigenvalue weighted by molar-refractivity contribution is -0.869. The van der Waals surface area contributed by atoms with E-state index in [9.17, 15) is 19.2 Å². The van der Waals surface area contributed by atoms with Crippen molar-refractivity contribution in [1.29, 1.82) is 0 Å². The van der Waals surface area contributed by atoms with Crippen LogP contribution in [0, 0.1) is 11.3 Å². The molecule has 2 aliphatic rings. The highest BCUT2D eigenvalue weighted by molar-refractivity contribution is 5.91. The molecule has 1 saturated carbocycles. The quantitative estimate of drug-likeness (QED) is 0.0508. The van der Waals surface area contributed by atoms with Crippen LogP contribution in [0.1, 0.15) is 84.5 Å². The first kappa shape index (κ1) is 48.1. The second kappa shape index (κ2) is 26.8. The molecule has 0 spiro atoms. The van der Waals surface area contributed by atoms with Crippen LogP contribution in [0.3, 0.4) is 0 Å². The summed E-state index contributed by atoms with van der Waals surface area (Å²) in [5.41, 5.74) is 13.0. The first-order chi connectivity index (χ1) is 26.2. The molecule has 0 aromatic carbocycles. The SMILES string of the molecule is CC(C)C(NC(=O)C1(CCCCNC(=O)COC2CCCCCC([N-]CCOCCOCCOCCOCCC(=O)NCC[N+](C)(C)C)=C2N)CC1)C(N)=O. The molecule has 2 atom stereocenters. The molecule has 0 aromatic heterocycles. The molecule has 7 N–H and O–H groups in total. The van der Waals surface area contributed by atoms with Crippen molar-refractivity contribution >= 4 is 23.6 Å². The van der Waals surface area contributed by atoms with E-state index in [4.69, 9.17) is 40.5 Å². The Labute approximate surface area is 329 Å². The van der Waals surface area contributed by atoms with Crippen molar-refractivity contribution in [2.24, 2.45) is 22.8 Å². The molecular formula is C39H73N7O9. The molecule has 4 amide bonds. The zero-order valence-electron chi connectivity index (χ0n) is 34.4. The van der Waals surface area contributed by atoms with Crippen LogP contribution in [-0.2, 0) is 42.9 Å². The van der Waals surface area contributed by atoms with E-state index in [1.807, 2.05) is 13.8 Å². The number of unbranched alkanes of at least 4 members (excludes halogenated alkanes) is 1. The summed E-state index contributed by atoms with van der Waals surface area (Å²) >= 11 is 0. The highest BCUT2D eigenvalue weighted by Crippen LogP contribution is 2.50. The molecule has 0 heterocycles. The van der Waals surface area contributed by atoms with Gasteiger partial charge in [0.15, 0.2) is 0 Å². The highest BCUT2D eigenvalue weighted by Gasteiger charge is 2.49. The largest absolute Gasteiger partial charge is 0.685 e. The molecule has 2 aliphatic carbocycles. The van der Waals surface area contributed by atoms with Gasteiger partial charge in [-0.05, 0) is 44.4 Å². The molecule has 0 aromatic rings. The van der Waals surface area contributed by atoms with Gasteiger partial charge in [0.2, 0.25) is 23.6 Å². The van der Waals surface area contributed by atoms with E-state index < -0.39 is 17.4 Å². The predicted molar refractivity (Wildman–Crippen MR) is 211 cm³/mol. The van der Waals surface area contributed by atoms with Gasteiger partial charge in [-0.3, -0.25) is 19.2 Å². The molecule has 0 radical (unpaired) electrons. The number of ether oxygens (including phenoxy) is 5. The summed E-state index contributed by atoms with van der Waals surface area (Å²) in [5, 5.41) is 13.4. The maximum Gasteiger partial charge on any atom is 0.246 e. The number of carbonyl (C=O) groups excluding carboxylic acids is 4. The molecule has 2 unspecified atom stereocenters. The smallest absolute Gasteiger partial charge is 0.246 e. The van der Waals surface area contributed by atoms with Gasteiger partial charge in [0.25, 0.3) is 0 Å². The van der Waals surface area contributed by atoms with Crippen LogP contribution in [0.5, 0.6) is 0 Å². The summed E-state index contributed by atoms with van der Waals surface area (Å²) in [6.45, 7) is 9.57. The van der Waals surface area contributed by atoms with Crippen LogP contribution in [0.25, 0.3) is 5.32 Å². The fraction of sp³-hybridized carbons (Fsp3) is 0.846. The number of hydrogen-bond acceptors (Lipinski definition) is 10. The van der Waals surface area contributed by atoms with Crippen molar-refractivity contribution in [2.45, 2.75) is 96.6 Å². The standard InChI is InChI=1S/C39H73N7O9/c1-30(2)36(37(41)49)45-38(50)39(15-16-39)14-9-10-17-43-34(48)29-55-32-12-8-6-7-11-31(35(32)40)42-19-22-52-24-26-54-28-27-53-25-23-51-21-13-33(47)44-18-20-46(3,4)5/h30,32,36H,6-29,40H2,1-5H3,(H2,41,49)(H,43,48)(H,44,47)(H,45,50). The van der Waals surface area contributed by atoms with E-state index in [1.165, 1.54) is 0 Å². The lowest BCUT2D eigenvalue weighted by atomic mass is 9.96. The average Bonchev–Trinajstić information content (AvgIpc) is 3.91. The number of quaternary nitrogens is 1. The van der Waals surface area contributed by atoms with E-state index in [-0.39, 0.29) is 36.4 Å². The van der Waals surface area contributed by atoms with Gasteiger partial charge in [-0.2, -0.15) is 0 Å². The molecule has 0 aliphatic heterocycles. The first-order valence-corrected chi connectivity index (χ1v) is 20.3. The Kier molecular flexibility index (Phi) is 23.4. The lowest BCUT2D eigenvalue weighted by Crippen LogP contribution is -2.50. The van der Waals surface area contributed by atoms with Crippen LogP contribution in [0.15, 0.2) is 11.4 Å². The van der Waals surface area contributed by atoms with Crippen molar-refractivity contribution in [1.82, 2.24) is 16.0 Å². The number of amides is 4. The van der Waals surface area contributed by atoms with Crippen molar-refractivity contribution in [3.63, 3.8) is 0 Å². The minimum Gasteiger partial charge on any atom is -0.685 e. The molecule has 1 fully saturated rings. The fourth-order valence-electron chi connectivity index (χ4n) is 6.06. The second-order valence-corrected chi connectivity index (χ2v) is 15.9. The number of hydrogen-bond donors (Lipinski definition) is 5. The molecule has 55 heavy (non-hydrogen) atoms. The maximum atomic E-state index is 12.8. The third-order valence-corrected chi connectivity index (χ3v) is 9.71. The van der Waals surface area contributed by atoms with Crippen molar-refractivity contribution in [3.8, 4) is 0 Å². The van der Waals surface area contributed by atoms with Crippen molar-refractivity contribution in [2.75, 3.05) is 107 Å².